The highest BCUT2D eigenvalue weighted by molar-refractivity contribution is 7.92. The molecule has 7 nitrogen and oxygen atoms in total. The van der Waals surface area contributed by atoms with E-state index in [2.05, 4.69) is 4.74 Å². The maximum Gasteiger partial charge on any atom is 0.416 e. The third-order valence-corrected chi connectivity index (χ3v) is 7.58. The standard InChI is InChI=1S/C25H18F7NO6S/c26-16-6-13(7-18(11-16)39-24(28)29)14-8-20(27)23-21(9-14)33(12-17(38-23)4-5-22(34)35)40(36,37)19-3-1-2-15(10-19)25(30,31)32/h1-3,6-11,17,24H,4-5,12H2,(H,34,35)/t17-/m0/s1. The predicted molar refractivity (Wildman–Crippen MR) is 126 cm³/mol. The smallest absolute Gasteiger partial charge is 0.416 e. The summed E-state index contributed by atoms with van der Waals surface area (Å²) in [6.45, 7) is -3.91. The van der Waals surface area contributed by atoms with Gasteiger partial charge in [-0.05, 0) is 60.0 Å². The first-order valence-electron chi connectivity index (χ1n) is 11.3. The zero-order chi connectivity index (χ0) is 29.4. The molecule has 3 aromatic carbocycles. The van der Waals surface area contributed by atoms with E-state index < -0.39 is 87.1 Å². The van der Waals surface area contributed by atoms with Crippen molar-refractivity contribution in [3.63, 3.8) is 0 Å². The summed E-state index contributed by atoms with van der Waals surface area (Å²) in [6.07, 6.45) is -6.85. The van der Waals surface area contributed by atoms with Crippen molar-refractivity contribution in [3.05, 3.63) is 71.8 Å². The van der Waals surface area contributed by atoms with E-state index in [0.717, 1.165) is 36.4 Å². The maximum absolute atomic E-state index is 15.3. The molecule has 0 aliphatic carbocycles. The molecule has 0 amide bonds. The van der Waals surface area contributed by atoms with Crippen molar-refractivity contribution in [3.8, 4) is 22.6 Å². The number of carboxylic acids is 1. The summed E-state index contributed by atoms with van der Waals surface area (Å²) in [5.74, 6) is -4.74. The lowest BCUT2D eigenvalue weighted by atomic mass is 10.0. The normalized spacial score (nSPS) is 15.5. The van der Waals surface area contributed by atoms with Gasteiger partial charge in [0.05, 0.1) is 22.7 Å². The number of fused-ring (bicyclic) bond motifs is 1. The summed E-state index contributed by atoms with van der Waals surface area (Å²) < 4.78 is 132. The molecule has 0 radical (unpaired) electrons. The minimum absolute atomic E-state index is 0.193. The van der Waals surface area contributed by atoms with Crippen LogP contribution in [-0.2, 0) is 21.0 Å². The minimum atomic E-state index is -4.88. The van der Waals surface area contributed by atoms with E-state index in [9.17, 15) is 39.6 Å². The largest absolute Gasteiger partial charge is 0.483 e. The van der Waals surface area contributed by atoms with Crippen LogP contribution in [0.5, 0.6) is 11.5 Å². The van der Waals surface area contributed by atoms with Crippen LogP contribution in [0.25, 0.3) is 11.1 Å². The Hall–Kier alpha value is -4.01. The number of carbonyl (C=O) groups is 1. The lowest BCUT2D eigenvalue weighted by molar-refractivity contribution is -0.138. The summed E-state index contributed by atoms with van der Waals surface area (Å²) >= 11 is 0. The first-order valence-corrected chi connectivity index (χ1v) is 12.8. The van der Waals surface area contributed by atoms with Crippen molar-refractivity contribution in [2.75, 3.05) is 10.8 Å². The average molecular weight is 593 g/mol. The van der Waals surface area contributed by atoms with Gasteiger partial charge < -0.3 is 14.6 Å². The third-order valence-electron chi connectivity index (χ3n) is 5.81. The van der Waals surface area contributed by atoms with Crippen molar-refractivity contribution in [2.24, 2.45) is 0 Å². The van der Waals surface area contributed by atoms with Crippen LogP contribution in [0, 0.1) is 11.6 Å². The van der Waals surface area contributed by atoms with Gasteiger partial charge in [0.25, 0.3) is 10.0 Å². The highest BCUT2D eigenvalue weighted by atomic mass is 32.2. The molecule has 0 spiro atoms. The molecule has 0 fully saturated rings. The molecule has 214 valence electrons. The molecule has 1 N–H and O–H groups in total. The van der Waals surface area contributed by atoms with Crippen LogP contribution in [0.3, 0.4) is 0 Å². The van der Waals surface area contributed by atoms with Crippen LogP contribution >= 0.6 is 0 Å². The lowest BCUT2D eigenvalue weighted by Gasteiger charge is -2.36. The van der Waals surface area contributed by atoms with Gasteiger partial charge in [0, 0.05) is 12.5 Å². The maximum atomic E-state index is 15.3. The Labute approximate surface area is 222 Å². The zero-order valence-corrected chi connectivity index (χ0v) is 20.8. The molecule has 3 aromatic rings. The molecule has 0 saturated carbocycles. The molecule has 0 saturated heterocycles. The number of anilines is 1. The SMILES string of the molecule is O=C(O)CC[C@H]1CN(S(=O)(=O)c2cccc(C(F)(F)F)c2)c2cc(-c3cc(F)cc(OC(F)F)c3)cc(F)c2O1. The number of benzene rings is 3. The molecule has 0 aromatic heterocycles. The van der Waals surface area contributed by atoms with Gasteiger partial charge in [0.1, 0.15) is 17.7 Å². The number of hydrogen-bond donors (Lipinski definition) is 1. The molecule has 15 heteroatoms. The highest BCUT2D eigenvalue weighted by Gasteiger charge is 2.38. The Kier molecular flexibility index (Phi) is 7.87. The second-order valence-electron chi connectivity index (χ2n) is 8.59. The van der Waals surface area contributed by atoms with Crippen LogP contribution in [-0.4, -0.2) is 38.8 Å². The number of alkyl halides is 5. The van der Waals surface area contributed by atoms with Gasteiger partial charge in [0.15, 0.2) is 11.6 Å². The van der Waals surface area contributed by atoms with Crippen molar-refractivity contribution in [2.45, 2.75) is 36.6 Å². The van der Waals surface area contributed by atoms with Crippen LogP contribution < -0.4 is 13.8 Å². The molecule has 0 bridgehead atoms. The summed E-state index contributed by atoms with van der Waals surface area (Å²) in [5.41, 5.74) is -2.15. The number of sulfonamides is 1. The van der Waals surface area contributed by atoms with Gasteiger partial charge in [0.2, 0.25) is 0 Å². The number of hydrogen-bond acceptors (Lipinski definition) is 5. The molecular weight excluding hydrogens is 575 g/mol. The van der Waals surface area contributed by atoms with Crippen LogP contribution in [0.2, 0.25) is 0 Å². The van der Waals surface area contributed by atoms with E-state index in [0.29, 0.717) is 22.5 Å². The fourth-order valence-corrected chi connectivity index (χ4v) is 5.60. The summed E-state index contributed by atoms with van der Waals surface area (Å²) in [6, 6.07) is 7.06. The number of halogens is 7. The Morgan fingerprint density at radius 1 is 1.07 bits per heavy atom. The van der Waals surface area contributed by atoms with E-state index in [4.69, 9.17) is 9.84 Å². The minimum Gasteiger partial charge on any atom is -0.483 e. The van der Waals surface area contributed by atoms with E-state index in [1.165, 1.54) is 0 Å². The summed E-state index contributed by atoms with van der Waals surface area (Å²) in [5, 5.41) is 9.01. The number of nitrogens with zero attached hydrogens (tertiary/aromatic N) is 1. The monoisotopic (exact) mass is 593 g/mol. The fourth-order valence-electron chi connectivity index (χ4n) is 4.06. The van der Waals surface area contributed by atoms with Gasteiger partial charge in [-0.15, -0.1) is 0 Å². The van der Waals surface area contributed by atoms with E-state index in [1.807, 2.05) is 0 Å². The van der Waals surface area contributed by atoms with Crippen molar-refractivity contribution in [1.29, 1.82) is 0 Å². The number of carboxylic acid groups (broad SMARTS) is 1. The Morgan fingerprint density at radius 2 is 1.77 bits per heavy atom. The van der Waals surface area contributed by atoms with Crippen LogP contribution in [0.1, 0.15) is 18.4 Å². The average Bonchev–Trinajstić information content (AvgIpc) is 2.86. The Morgan fingerprint density at radius 3 is 2.42 bits per heavy atom. The van der Waals surface area contributed by atoms with Crippen molar-refractivity contribution in [1.82, 2.24) is 0 Å². The Bertz CT molecular complexity index is 1550. The highest BCUT2D eigenvalue weighted by Crippen LogP contribution is 2.43. The Balaban J connectivity index is 1.86. The van der Waals surface area contributed by atoms with E-state index >= 15 is 4.39 Å². The van der Waals surface area contributed by atoms with Crippen molar-refractivity contribution >= 4 is 21.7 Å². The summed E-state index contributed by atoms with van der Waals surface area (Å²) in [4.78, 5) is 10.3. The van der Waals surface area contributed by atoms with E-state index in [-0.39, 0.29) is 17.5 Å². The molecule has 1 aliphatic rings. The molecular formula is C25H18F7NO6S. The molecule has 1 atom stereocenters. The quantitative estimate of drug-likeness (QED) is 0.319. The second-order valence-corrected chi connectivity index (χ2v) is 10.5. The molecule has 4 rings (SSSR count). The predicted octanol–water partition coefficient (Wildman–Crippen LogP) is 6.07. The first-order chi connectivity index (χ1) is 18.6. The summed E-state index contributed by atoms with van der Waals surface area (Å²) in [7, 11) is -4.84. The molecule has 1 aliphatic heterocycles. The second kappa shape index (κ2) is 10.9. The molecule has 1 heterocycles. The number of aliphatic carboxylic acids is 1. The van der Waals surface area contributed by atoms with Gasteiger partial charge in [-0.1, -0.05) is 6.07 Å². The number of ether oxygens (including phenoxy) is 2. The lowest BCUT2D eigenvalue weighted by Crippen LogP contribution is -2.44. The first kappa shape index (κ1) is 29.0. The molecule has 0 unspecified atom stereocenters. The zero-order valence-electron chi connectivity index (χ0n) is 20.0. The van der Waals surface area contributed by atoms with Gasteiger partial charge in [-0.2, -0.15) is 22.0 Å². The van der Waals surface area contributed by atoms with Gasteiger partial charge in [-0.25, -0.2) is 17.2 Å². The van der Waals surface area contributed by atoms with Crippen LogP contribution in [0.4, 0.5) is 36.4 Å². The van der Waals surface area contributed by atoms with Gasteiger partial charge >= 0.3 is 18.8 Å². The van der Waals surface area contributed by atoms with Crippen molar-refractivity contribution < 1.29 is 58.5 Å². The fraction of sp³-hybridized carbons (Fsp3) is 0.240. The van der Waals surface area contributed by atoms with Gasteiger partial charge in [-0.3, -0.25) is 9.10 Å². The van der Waals surface area contributed by atoms with Crippen LogP contribution in [0.15, 0.2) is 59.5 Å². The topological polar surface area (TPSA) is 93.1 Å². The number of rotatable bonds is 8. The molecule has 40 heavy (non-hydrogen) atoms. The van der Waals surface area contributed by atoms with E-state index in [1.54, 1.807) is 0 Å². The third kappa shape index (κ3) is 6.24.